The third-order valence-electron chi connectivity index (χ3n) is 4.41. The summed E-state index contributed by atoms with van der Waals surface area (Å²) in [5, 5.41) is 14.9. The molecule has 0 spiro atoms. The van der Waals surface area contributed by atoms with Gasteiger partial charge in [-0.15, -0.1) is 0 Å². The number of fused-ring (bicyclic) bond motifs is 1. The lowest BCUT2D eigenvalue weighted by Gasteiger charge is -2.36. The van der Waals surface area contributed by atoms with Crippen molar-refractivity contribution in [3.63, 3.8) is 0 Å². The molecule has 0 bridgehead atoms. The molecule has 1 aromatic heterocycles. The van der Waals surface area contributed by atoms with Gasteiger partial charge in [0.2, 0.25) is 0 Å². The molecule has 120 valence electrons. The van der Waals surface area contributed by atoms with Gasteiger partial charge in [-0.2, -0.15) is 0 Å². The van der Waals surface area contributed by atoms with Gasteiger partial charge in [0, 0.05) is 23.9 Å². The number of halogens is 2. The van der Waals surface area contributed by atoms with Gasteiger partial charge in [0.15, 0.2) is 5.58 Å². The minimum atomic E-state index is -0.301. The highest BCUT2D eigenvalue weighted by Crippen LogP contribution is 2.37. The van der Waals surface area contributed by atoms with Gasteiger partial charge in [0.1, 0.15) is 5.82 Å². The first-order valence-corrected chi connectivity index (χ1v) is 8.94. The first-order chi connectivity index (χ1) is 10.6. The van der Waals surface area contributed by atoms with E-state index in [0.29, 0.717) is 15.5 Å². The lowest BCUT2D eigenvalue weighted by molar-refractivity contribution is 0.0892. The second-order valence-corrected chi connectivity index (χ2v) is 7.36. The Morgan fingerprint density at radius 1 is 1.55 bits per heavy atom. The number of hydrogen-bond acceptors (Lipinski definition) is 4. The van der Waals surface area contributed by atoms with Gasteiger partial charge in [-0.3, -0.25) is 4.90 Å². The Morgan fingerprint density at radius 2 is 2.36 bits per heavy atom. The van der Waals surface area contributed by atoms with Gasteiger partial charge < -0.3 is 9.63 Å². The van der Waals surface area contributed by atoms with Crippen LogP contribution in [0.1, 0.15) is 37.8 Å². The molecule has 22 heavy (non-hydrogen) atoms. The van der Waals surface area contributed by atoms with Gasteiger partial charge in [-0.25, -0.2) is 4.39 Å². The lowest BCUT2D eigenvalue weighted by atomic mass is 9.91. The molecular formula is C16H20FIN2O2. The highest BCUT2D eigenvalue weighted by Gasteiger charge is 2.31. The standard InChI is InChI=1S/C16H20FIN2O2/c1-2-12(21)9-20-6-5-10(7-15(20)18)16-13-4-3-11(17)8-14(13)22-19-16/h3-4,8,10,12,15,21H,2,5-7,9H2,1H3. The van der Waals surface area contributed by atoms with Crippen molar-refractivity contribution in [3.05, 3.63) is 29.7 Å². The maximum absolute atomic E-state index is 13.2. The summed E-state index contributed by atoms with van der Waals surface area (Å²) in [4.78, 5) is 2.33. The van der Waals surface area contributed by atoms with Crippen LogP contribution in [0.5, 0.6) is 0 Å². The molecule has 0 aliphatic carbocycles. The minimum absolute atomic E-state index is 0.260. The number of aliphatic hydroxyl groups is 1. The Kier molecular flexibility index (Phi) is 4.99. The summed E-state index contributed by atoms with van der Waals surface area (Å²) in [7, 11) is 0. The Bertz CT molecular complexity index is 648. The molecule has 6 heteroatoms. The zero-order chi connectivity index (χ0) is 15.7. The largest absolute Gasteiger partial charge is 0.392 e. The first-order valence-electron chi connectivity index (χ1n) is 7.69. The topological polar surface area (TPSA) is 49.5 Å². The SMILES string of the molecule is CCC(O)CN1CCC(c2noc3cc(F)ccc23)CC1I. The van der Waals surface area contributed by atoms with Crippen molar-refractivity contribution >= 4 is 33.6 Å². The predicted octanol–water partition coefficient (Wildman–Crippen LogP) is 3.68. The van der Waals surface area contributed by atoms with E-state index in [4.69, 9.17) is 4.52 Å². The molecule has 0 saturated carbocycles. The third kappa shape index (κ3) is 3.28. The molecule has 3 atom stereocenters. The molecule has 1 aliphatic heterocycles. The van der Waals surface area contributed by atoms with Crippen LogP contribution >= 0.6 is 22.6 Å². The van der Waals surface area contributed by atoms with Crippen molar-refractivity contribution in [1.29, 1.82) is 0 Å². The average molecular weight is 418 g/mol. The van der Waals surface area contributed by atoms with E-state index in [-0.39, 0.29) is 11.9 Å². The molecule has 2 heterocycles. The van der Waals surface area contributed by atoms with Crippen LogP contribution in [0.3, 0.4) is 0 Å². The summed E-state index contributed by atoms with van der Waals surface area (Å²) in [6.07, 6.45) is 2.47. The Hall–Kier alpha value is -0.730. The van der Waals surface area contributed by atoms with Crippen LogP contribution in [0, 0.1) is 5.82 Å². The van der Waals surface area contributed by atoms with E-state index < -0.39 is 0 Å². The van der Waals surface area contributed by atoms with Crippen molar-refractivity contribution in [3.8, 4) is 0 Å². The molecule has 0 amide bonds. The highest BCUT2D eigenvalue weighted by atomic mass is 127. The molecule has 0 radical (unpaired) electrons. The van der Waals surface area contributed by atoms with E-state index in [9.17, 15) is 9.50 Å². The summed E-state index contributed by atoms with van der Waals surface area (Å²) in [5.74, 6) is 0.0222. The number of β-amino-alcohol motifs (C(OH)–C–C–N with tert-alkyl or cyclic N) is 1. The van der Waals surface area contributed by atoms with Crippen molar-refractivity contribution in [2.24, 2.45) is 0 Å². The zero-order valence-corrected chi connectivity index (χ0v) is 14.7. The number of rotatable bonds is 4. The van der Waals surface area contributed by atoms with Crippen LogP contribution in [0.4, 0.5) is 4.39 Å². The number of piperidine rings is 1. The summed E-state index contributed by atoms with van der Waals surface area (Å²) in [6, 6.07) is 4.60. The van der Waals surface area contributed by atoms with Gasteiger partial charge in [0.05, 0.1) is 15.8 Å². The average Bonchev–Trinajstić information content (AvgIpc) is 2.92. The normalized spacial score (nSPS) is 24.7. The lowest BCUT2D eigenvalue weighted by Crippen LogP contribution is -2.42. The fourth-order valence-corrected chi connectivity index (χ4v) is 4.16. The predicted molar refractivity (Wildman–Crippen MR) is 91.6 cm³/mol. The van der Waals surface area contributed by atoms with Crippen molar-refractivity contribution < 1.29 is 14.0 Å². The second-order valence-electron chi connectivity index (χ2n) is 5.92. The highest BCUT2D eigenvalue weighted by molar-refractivity contribution is 14.1. The summed E-state index contributed by atoms with van der Waals surface area (Å²) < 4.78 is 18.9. The van der Waals surface area contributed by atoms with Gasteiger partial charge in [-0.1, -0.05) is 34.7 Å². The van der Waals surface area contributed by atoms with Crippen LogP contribution in [0.15, 0.2) is 22.7 Å². The van der Waals surface area contributed by atoms with Crippen molar-refractivity contribution in [2.45, 2.75) is 42.3 Å². The summed E-state index contributed by atoms with van der Waals surface area (Å²) >= 11 is 2.43. The molecule has 1 aliphatic rings. The number of likely N-dealkylation sites (tertiary alicyclic amines) is 1. The third-order valence-corrected chi connectivity index (χ3v) is 5.70. The van der Waals surface area contributed by atoms with Crippen LogP contribution in [-0.2, 0) is 0 Å². The smallest absolute Gasteiger partial charge is 0.170 e. The maximum atomic E-state index is 13.2. The van der Waals surface area contributed by atoms with Crippen molar-refractivity contribution in [2.75, 3.05) is 13.1 Å². The van der Waals surface area contributed by atoms with Gasteiger partial charge in [0.25, 0.3) is 0 Å². The Balaban J connectivity index is 1.74. The number of hydrogen-bond donors (Lipinski definition) is 1. The molecule has 1 saturated heterocycles. The number of nitrogens with zero attached hydrogens (tertiary/aromatic N) is 2. The second kappa shape index (κ2) is 6.80. The molecule has 1 aromatic carbocycles. The van der Waals surface area contributed by atoms with E-state index in [1.165, 1.54) is 12.1 Å². The summed E-state index contributed by atoms with van der Waals surface area (Å²) in [5.41, 5.74) is 1.45. The van der Waals surface area contributed by atoms with E-state index >= 15 is 0 Å². The fraction of sp³-hybridized carbons (Fsp3) is 0.562. The van der Waals surface area contributed by atoms with Gasteiger partial charge >= 0.3 is 0 Å². The van der Waals surface area contributed by atoms with Crippen LogP contribution in [-0.4, -0.2) is 38.4 Å². The Labute approximate surface area is 142 Å². The number of aliphatic hydroxyl groups excluding tert-OH is 1. The maximum Gasteiger partial charge on any atom is 0.170 e. The first kappa shape index (κ1) is 16.1. The van der Waals surface area contributed by atoms with E-state index in [2.05, 4.69) is 32.6 Å². The van der Waals surface area contributed by atoms with Crippen LogP contribution < -0.4 is 0 Å². The van der Waals surface area contributed by atoms with E-state index in [0.717, 1.165) is 43.4 Å². The number of alkyl halides is 1. The quantitative estimate of drug-likeness (QED) is 0.468. The molecule has 2 aromatic rings. The fourth-order valence-electron chi connectivity index (χ4n) is 3.04. The monoisotopic (exact) mass is 418 g/mol. The zero-order valence-electron chi connectivity index (χ0n) is 12.5. The minimum Gasteiger partial charge on any atom is -0.392 e. The van der Waals surface area contributed by atoms with Crippen molar-refractivity contribution in [1.82, 2.24) is 10.1 Å². The molecular weight excluding hydrogens is 398 g/mol. The molecule has 1 N–H and O–H groups in total. The Morgan fingerprint density at radius 3 is 3.09 bits per heavy atom. The summed E-state index contributed by atoms with van der Waals surface area (Å²) in [6.45, 7) is 3.66. The molecule has 4 nitrogen and oxygen atoms in total. The molecule has 3 rings (SSSR count). The van der Waals surface area contributed by atoms with Gasteiger partial charge in [-0.05, 0) is 37.9 Å². The molecule has 1 fully saturated rings. The van der Waals surface area contributed by atoms with E-state index in [1.807, 2.05) is 6.92 Å². The molecule has 3 unspecified atom stereocenters. The number of benzene rings is 1. The van der Waals surface area contributed by atoms with Crippen LogP contribution in [0.25, 0.3) is 11.0 Å². The van der Waals surface area contributed by atoms with E-state index in [1.54, 1.807) is 6.07 Å². The number of aromatic nitrogens is 1. The van der Waals surface area contributed by atoms with Crippen LogP contribution in [0.2, 0.25) is 0 Å².